The van der Waals surface area contributed by atoms with Crippen molar-refractivity contribution in [1.82, 2.24) is 9.55 Å². The number of anilines is 1. The molecule has 0 aliphatic rings. The Labute approximate surface area is 89.3 Å². The Kier molecular flexibility index (Phi) is 3.71. The van der Waals surface area contributed by atoms with E-state index in [9.17, 15) is 4.79 Å². The van der Waals surface area contributed by atoms with Gasteiger partial charge in [-0.1, -0.05) is 0 Å². The summed E-state index contributed by atoms with van der Waals surface area (Å²) in [6.07, 6.45) is 3.69. The molecule has 0 amide bonds. The highest BCUT2D eigenvalue weighted by molar-refractivity contribution is 5.68. The van der Waals surface area contributed by atoms with E-state index in [0.29, 0.717) is 0 Å². The number of aliphatic carboxylic acids is 1. The molecule has 5 nitrogen and oxygen atoms in total. The van der Waals surface area contributed by atoms with Gasteiger partial charge in [0.2, 0.25) is 5.95 Å². The SMILES string of the molecule is CCN(c1nccn1C)C(C)CC(=O)O. The van der Waals surface area contributed by atoms with Gasteiger partial charge in [-0.25, -0.2) is 4.98 Å². The minimum Gasteiger partial charge on any atom is -0.481 e. The van der Waals surface area contributed by atoms with Crippen LogP contribution in [0.15, 0.2) is 12.4 Å². The lowest BCUT2D eigenvalue weighted by Crippen LogP contribution is -2.36. The summed E-state index contributed by atoms with van der Waals surface area (Å²) in [5.41, 5.74) is 0. The molecule has 84 valence electrons. The van der Waals surface area contributed by atoms with Crippen LogP contribution in [0.2, 0.25) is 0 Å². The molecule has 1 aromatic heterocycles. The Morgan fingerprint density at radius 2 is 2.40 bits per heavy atom. The largest absolute Gasteiger partial charge is 0.481 e. The minimum atomic E-state index is -0.782. The van der Waals surface area contributed by atoms with Crippen molar-refractivity contribution < 1.29 is 9.90 Å². The van der Waals surface area contributed by atoms with Crippen molar-refractivity contribution in [2.24, 2.45) is 7.05 Å². The predicted octanol–water partition coefficient (Wildman–Crippen LogP) is 1.11. The van der Waals surface area contributed by atoms with Crippen LogP contribution in [0, 0.1) is 0 Å². The molecule has 0 aliphatic carbocycles. The smallest absolute Gasteiger partial charge is 0.305 e. The third-order valence-corrected chi connectivity index (χ3v) is 2.40. The molecule has 0 aromatic carbocycles. The molecule has 0 spiro atoms. The van der Waals surface area contributed by atoms with Gasteiger partial charge in [0, 0.05) is 32.0 Å². The maximum atomic E-state index is 10.6. The van der Waals surface area contributed by atoms with Crippen LogP contribution in [-0.4, -0.2) is 33.2 Å². The molecular weight excluding hydrogens is 194 g/mol. The van der Waals surface area contributed by atoms with Gasteiger partial charge < -0.3 is 14.6 Å². The zero-order chi connectivity index (χ0) is 11.4. The van der Waals surface area contributed by atoms with Crippen molar-refractivity contribution >= 4 is 11.9 Å². The van der Waals surface area contributed by atoms with Gasteiger partial charge in [-0.3, -0.25) is 4.79 Å². The molecule has 1 aromatic rings. The first-order valence-corrected chi connectivity index (χ1v) is 5.02. The normalized spacial score (nSPS) is 12.5. The Balaban J connectivity index is 2.80. The molecule has 15 heavy (non-hydrogen) atoms. The van der Waals surface area contributed by atoms with Crippen molar-refractivity contribution in [2.45, 2.75) is 26.3 Å². The first-order valence-electron chi connectivity index (χ1n) is 5.02. The first-order chi connectivity index (χ1) is 7.06. The van der Waals surface area contributed by atoms with Crippen molar-refractivity contribution in [2.75, 3.05) is 11.4 Å². The minimum absolute atomic E-state index is 0.0476. The summed E-state index contributed by atoms with van der Waals surface area (Å²) in [6, 6.07) is -0.0476. The summed E-state index contributed by atoms with van der Waals surface area (Å²) >= 11 is 0. The zero-order valence-corrected chi connectivity index (χ0v) is 9.34. The molecule has 1 N–H and O–H groups in total. The van der Waals surface area contributed by atoms with Crippen LogP contribution in [0.4, 0.5) is 5.95 Å². The molecule has 0 saturated heterocycles. The summed E-state index contributed by atoms with van der Waals surface area (Å²) in [5.74, 6) is 0.0291. The van der Waals surface area contributed by atoms with Crippen LogP contribution in [-0.2, 0) is 11.8 Å². The highest BCUT2D eigenvalue weighted by Gasteiger charge is 2.18. The number of carboxylic acid groups (broad SMARTS) is 1. The average Bonchev–Trinajstić information content (AvgIpc) is 2.52. The number of hydrogen-bond donors (Lipinski definition) is 1. The maximum absolute atomic E-state index is 10.6. The van der Waals surface area contributed by atoms with Gasteiger partial charge in [-0.2, -0.15) is 0 Å². The van der Waals surface area contributed by atoms with Crippen LogP contribution >= 0.6 is 0 Å². The Bertz CT molecular complexity index is 335. The lowest BCUT2D eigenvalue weighted by atomic mass is 10.2. The summed E-state index contributed by atoms with van der Waals surface area (Å²) < 4.78 is 1.89. The fourth-order valence-corrected chi connectivity index (χ4v) is 1.65. The van der Waals surface area contributed by atoms with Gasteiger partial charge in [0.15, 0.2) is 0 Å². The molecule has 0 saturated carbocycles. The molecule has 0 radical (unpaired) electrons. The monoisotopic (exact) mass is 211 g/mol. The third-order valence-electron chi connectivity index (χ3n) is 2.40. The number of carbonyl (C=O) groups is 1. The molecule has 1 atom stereocenters. The highest BCUT2D eigenvalue weighted by Crippen LogP contribution is 2.14. The van der Waals surface area contributed by atoms with Crippen LogP contribution in [0.3, 0.4) is 0 Å². The van der Waals surface area contributed by atoms with Crippen molar-refractivity contribution in [3.63, 3.8) is 0 Å². The van der Waals surface area contributed by atoms with E-state index in [2.05, 4.69) is 4.98 Å². The van der Waals surface area contributed by atoms with E-state index in [1.807, 2.05) is 36.6 Å². The fourth-order valence-electron chi connectivity index (χ4n) is 1.65. The Hall–Kier alpha value is -1.52. The maximum Gasteiger partial charge on any atom is 0.305 e. The van der Waals surface area contributed by atoms with E-state index in [1.54, 1.807) is 6.20 Å². The standard InChI is InChI=1S/C10H17N3O2/c1-4-13(8(2)7-9(14)15)10-11-5-6-12(10)3/h5-6,8H,4,7H2,1-3H3,(H,14,15). The average molecular weight is 211 g/mol. The fraction of sp³-hybridized carbons (Fsp3) is 0.600. The van der Waals surface area contributed by atoms with E-state index >= 15 is 0 Å². The van der Waals surface area contributed by atoms with Crippen molar-refractivity contribution in [1.29, 1.82) is 0 Å². The highest BCUT2D eigenvalue weighted by atomic mass is 16.4. The number of aryl methyl sites for hydroxylation is 1. The molecular formula is C10H17N3O2. The first kappa shape index (κ1) is 11.6. The predicted molar refractivity (Wildman–Crippen MR) is 57.9 cm³/mol. The van der Waals surface area contributed by atoms with Crippen LogP contribution in [0.5, 0.6) is 0 Å². The van der Waals surface area contributed by atoms with E-state index < -0.39 is 5.97 Å². The van der Waals surface area contributed by atoms with Crippen LogP contribution in [0.1, 0.15) is 20.3 Å². The van der Waals surface area contributed by atoms with Crippen LogP contribution in [0.25, 0.3) is 0 Å². The van der Waals surface area contributed by atoms with Gasteiger partial charge in [-0.05, 0) is 13.8 Å². The van der Waals surface area contributed by atoms with E-state index in [0.717, 1.165) is 12.5 Å². The number of aromatic nitrogens is 2. The van der Waals surface area contributed by atoms with Gasteiger partial charge in [0.25, 0.3) is 0 Å². The van der Waals surface area contributed by atoms with E-state index in [1.165, 1.54) is 0 Å². The second-order valence-corrected chi connectivity index (χ2v) is 3.57. The van der Waals surface area contributed by atoms with Crippen LogP contribution < -0.4 is 4.90 Å². The van der Waals surface area contributed by atoms with Gasteiger partial charge in [-0.15, -0.1) is 0 Å². The van der Waals surface area contributed by atoms with Crippen molar-refractivity contribution in [3.05, 3.63) is 12.4 Å². The van der Waals surface area contributed by atoms with Gasteiger partial charge >= 0.3 is 5.97 Å². The molecule has 1 heterocycles. The van der Waals surface area contributed by atoms with E-state index in [-0.39, 0.29) is 12.5 Å². The second-order valence-electron chi connectivity index (χ2n) is 3.57. The van der Waals surface area contributed by atoms with Gasteiger partial charge in [0.1, 0.15) is 0 Å². The number of rotatable bonds is 5. The van der Waals surface area contributed by atoms with Gasteiger partial charge in [0.05, 0.1) is 6.42 Å². The lowest BCUT2D eigenvalue weighted by Gasteiger charge is -2.27. The third kappa shape index (κ3) is 2.71. The zero-order valence-electron chi connectivity index (χ0n) is 9.34. The molecule has 1 unspecified atom stereocenters. The molecule has 0 fully saturated rings. The quantitative estimate of drug-likeness (QED) is 0.792. The number of hydrogen-bond acceptors (Lipinski definition) is 3. The Morgan fingerprint density at radius 3 is 2.80 bits per heavy atom. The number of nitrogens with zero attached hydrogens (tertiary/aromatic N) is 3. The van der Waals surface area contributed by atoms with E-state index in [4.69, 9.17) is 5.11 Å². The Morgan fingerprint density at radius 1 is 1.73 bits per heavy atom. The molecule has 1 rings (SSSR count). The summed E-state index contributed by atoms with van der Waals surface area (Å²) in [6.45, 7) is 4.64. The second kappa shape index (κ2) is 4.82. The molecule has 0 bridgehead atoms. The molecule has 0 aliphatic heterocycles. The summed E-state index contributed by atoms with van der Waals surface area (Å²) in [5, 5.41) is 8.74. The topological polar surface area (TPSA) is 58.4 Å². The number of carboxylic acids is 1. The molecule has 5 heteroatoms. The summed E-state index contributed by atoms with van der Waals surface area (Å²) in [7, 11) is 1.90. The number of imidazole rings is 1. The van der Waals surface area contributed by atoms with Crippen molar-refractivity contribution in [3.8, 4) is 0 Å². The summed E-state index contributed by atoms with van der Waals surface area (Å²) in [4.78, 5) is 16.8. The lowest BCUT2D eigenvalue weighted by molar-refractivity contribution is -0.137.